The minimum absolute atomic E-state index is 0.0634. The number of nitrogens with zero attached hydrogens (tertiary/aromatic N) is 3. The van der Waals surface area contributed by atoms with E-state index in [9.17, 15) is 14.4 Å². The first-order valence-corrected chi connectivity index (χ1v) is 8.03. The van der Waals surface area contributed by atoms with Crippen LogP contribution in [-0.4, -0.2) is 44.3 Å². The van der Waals surface area contributed by atoms with E-state index >= 15 is 0 Å². The van der Waals surface area contributed by atoms with Crippen LogP contribution in [0, 0.1) is 0 Å². The van der Waals surface area contributed by atoms with Gasteiger partial charge in [0.25, 0.3) is 10.8 Å². The molecule has 2 aromatic heterocycles. The highest BCUT2D eigenvalue weighted by Gasteiger charge is 2.23. The third kappa shape index (κ3) is 3.08. The predicted molar refractivity (Wildman–Crippen MR) is 78.6 cm³/mol. The lowest BCUT2D eigenvalue weighted by atomic mass is 10.4. The number of aromatic nitrogens is 2. The molecule has 3 heterocycles. The standard InChI is InChI=1S/C12H11N3O4S2/c16-9-5-8(13-11-15(9)2-4-20-11)7-19-10(17)6-14-1-3-21-12(14)18/h2,4-5H,1,3,6-7H2. The normalized spacial score (nSPS) is 14.9. The van der Waals surface area contributed by atoms with Crippen molar-refractivity contribution in [2.24, 2.45) is 0 Å². The Balaban J connectivity index is 1.62. The summed E-state index contributed by atoms with van der Waals surface area (Å²) in [5.41, 5.74) is 0.191. The Labute approximate surface area is 127 Å². The number of hydrogen-bond donors (Lipinski definition) is 0. The fraction of sp³-hybridized carbons (Fsp3) is 0.333. The van der Waals surface area contributed by atoms with Gasteiger partial charge >= 0.3 is 5.97 Å². The van der Waals surface area contributed by atoms with Crippen LogP contribution in [0.1, 0.15) is 5.69 Å². The molecule has 110 valence electrons. The number of carbonyl (C=O) groups excluding carboxylic acids is 2. The van der Waals surface area contributed by atoms with Crippen molar-refractivity contribution in [3.05, 3.63) is 33.7 Å². The van der Waals surface area contributed by atoms with Crippen molar-refractivity contribution in [1.82, 2.24) is 14.3 Å². The predicted octanol–water partition coefficient (Wildman–Crippen LogP) is 0.968. The summed E-state index contributed by atoms with van der Waals surface area (Å²) in [6.45, 7) is 0.420. The van der Waals surface area contributed by atoms with Crippen LogP contribution in [0.25, 0.3) is 4.96 Å². The number of amides is 1. The SMILES string of the molecule is O=C(CN1CCSC1=O)OCc1cc(=O)n2ccsc2n1. The van der Waals surface area contributed by atoms with Crippen LogP contribution in [0.3, 0.4) is 0 Å². The second-order valence-corrected chi connectivity index (χ2v) is 6.26. The Bertz CT molecular complexity index is 754. The van der Waals surface area contributed by atoms with Gasteiger partial charge in [-0.1, -0.05) is 11.8 Å². The molecule has 0 saturated carbocycles. The van der Waals surface area contributed by atoms with E-state index in [0.717, 1.165) is 0 Å². The van der Waals surface area contributed by atoms with Crippen molar-refractivity contribution in [2.75, 3.05) is 18.8 Å². The molecule has 1 amide bonds. The molecule has 9 heteroatoms. The summed E-state index contributed by atoms with van der Waals surface area (Å²) in [6.07, 6.45) is 1.64. The maximum Gasteiger partial charge on any atom is 0.326 e. The summed E-state index contributed by atoms with van der Waals surface area (Å²) in [7, 11) is 0. The van der Waals surface area contributed by atoms with Gasteiger partial charge in [0.2, 0.25) is 0 Å². The van der Waals surface area contributed by atoms with Gasteiger partial charge in [-0.2, -0.15) is 0 Å². The van der Waals surface area contributed by atoms with E-state index in [4.69, 9.17) is 4.74 Å². The Morgan fingerprint density at radius 2 is 2.29 bits per heavy atom. The van der Waals surface area contributed by atoms with Gasteiger partial charge < -0.3 is 9.64 Å². The topological polar surface area (TPSA) is 81.0 Å². The van der Waals surface area contributed by atoms with Gasteiger partial charge in [-0.05, 0) is 0 Å². The minimum atomic E-state index is -0.501. The third-order valence-corrected chi connectivity index (χ3v) is 4.55. The Morgan fingerprint density at radius 3 is 3.05 bits per heavy atom. The van der Waals surface area contributed by atoms with Crippen molar-refractivity contribution >= 4 is 39.3 Å². The summed E-state index contributed by atoms with van der Waals surface area (Å²) in [5, 5.41) is 1.65. The molecule has 2 aromatic rings. The highest BCUT2D eigenvalue weighted by atomic mass is 32.2. The van der Waals surface area contributed by atoms with Crippen molar-refractivity contribution in [3.8, 4) is 0 Å². The molecular weight excluding hydrogens is 314 g/mol. The molecule has 0 bridgehead atoms. The zero-order valence-corrected chi connectivity index (χ0v) is 12.5. The first-order valence-electron chi connectivity index (χ1n) is 6.16. The number of thiazole rings is 1. The molecule has 1 fully saturated rings. The number of ether oxygens (including phenoxy) is 1. The molecule has 1 saturated heterocycles. The Morgan fingerprint density at radius 1 is 1.43 bits per heavy atom. The van der Waals surface area contributed by atoms with E-state index in [-0.39, 0.29) is 24.0 Å². The molecule has 0 spiro atoms. The average Bonchev–Trinajstić information content (AvgIpc) is 3.06. The van der Waals surface area contributed by atoms with Crippen LogP contribution < -0.4 is 5.56 Å². The van der Waals surface area contributed by atoms with E-state index in [0.29, 0.717) is 23.0 Å². The molecule has 0 N–H and O–H groups in total. The van der Waals surface area contributed by atoms with E-state index in [1.54, 1.807) is 11.6 Å². The molecule has 21 heavy (non-hydrogen) atoms. The van der Waals surface area contributed by atoms with Crippen LogP contribution >= 0.6 is 23.1 Å². The number of hydrogen-bond acceptors (Lipinski definition) is 7. The lowest BCUT2D eigenvalue weighted by Crippen LogP contribution is -2.31. The maximum atomic E-state index is 11.8. The molecule has 0 unspecified atom stereocenters. The number of thioether (sulfide) groups is 1. The van der Waals surface area contributed by atoms with Gasteiger partial charge in [0.15, 0.2) is 4.96 Å². The van der Waals surface area contributed by atoms with Gasteiger partial charge in [-0.3, -0.25) is 18.8 Å². The van der Waals surface area contributed by atoms with Crippen LogP contribution in [0.5, 0.6) is 0 Å². The summed E-state index contributed by atoms with van der Waals surface area (Å²) >= 11 is 2.52. The van der Waals surface area contributed by atoms with Crippen LogP contribution in [0.15, 0.2) is 22.4 Å². The molecule has 3 rings (SSSR count). The Hall–Kier alpha value is -1.87. The first-order chi connectivity index (χ1) is 10.1. The molecule has 1 aliphatic heterocycles. The fourth-order valence-corrected chi connectivity index (χ4v) is 3.45. The molecule has 0 aromatic carbocycles. The van der Waals surface area contributed by atoms with Gasteiger partial charge in [-0.15, -0.1) is 11.3 Å². The van der Waals surface area contributed by atoms with Crippen molar-refractivity contribution < 1.29 is 14.3 Å². The van der Waals surface area contributed by atoms with Crippen LogP contribution in [0.2, 0.25) is 0 Å². The van der Waals surface area contributed by atoms with Gasteiger partial charge in [0.1, 0.15) is 13.2 Å². The summed E-state index contributed by atoms with van der Waals surface area (Å²) in [4.78, 5) is 41.0. The summed E-state index contributed by atoms with van der Waals surface area (Å²) in [6, 6.07) is 1.34. The van der Waals surface area contributed by atoms with Crippen molar-refractivity contribution in [1.29, 1.82) is 0 Å². The molecular formula is C12H11N3O4S2. The summed E-state index contributed by atoms with van der Waals surface area (Å²) in [5.74, 6) is 0.193. The largest absolute Gasteiger partial charge is 0.458 e. The molecule has 0 aliphatic carbocycles. The van der Waals surface area contributed by atoms with E-state index in [2.05, 4.69) is 4.98 Å². The first kappa shape index (κ1) is 14.1. The van der Waals surface area contributed by atoms with E-state index in [1.807, 2.05) is 0 Å². The third-order valence-electron chi connectivity index (χ3n) is 2.90. The number of carbonyl (C=O) groups is 2. The molecule has 0 atom stereocenters. The lowest BCUT2D eigenvalue weighted by molar-refractivity contribution is -0.145. The fourth-order valence-electron chi connectivity index (χ4n) is 1.89. The summed E-state index contributed by atoms with van der Waals surface area (Å²) < 4.78 is 6.50. The van der Waals surface area contributed by atoms with Crippen molar-refractivity contribution in [3.63, 3.8) is 0 Å². The van der Waals surface area contributed by atoms with Gasteiger partial charge in [0.05, 0.1) is 5.69 Å². The number of rotatable bonds is 4. The zero-order valence-electron chi connectivity index (χ0n) is 10.9. The second-order valence-electron chi connectivity index (χ2n) is 4.34. The highest BCUT2D eigenvalue weighted by molar-refractivity contribution is 8.13. The quantitative estimate of drug-likeness (QED) is 0.779. The zero-order chi connectivity index (χ0) is 14.8. The minimum Gasteiger partial charge on any atom is -0.458 e. The Kier molecular flexibility index (Phi) is 3.93. The number of fused-ring (bicyclic) bond motifs is 1. The van der Waals surface area contributed by atoms with Gasteiger partial charge in [-0.25, -0.2) is 4.98 Å². The molecule has 1 aliphatic rings. The monoisotopic (exact) mass is 325 g/mol. The maximum absolute atomic E-state index is 11.8. The van der Waals surface area contributed by atoms with E-state index < -0.39 is 5.97 Å². The van der Waals surface area contributed by atoms with Crippen LogP contribution in [0.4, 0.5) is 4.79 Å². The van der Waals surface area contributed by atoms with Crippen LogP contribution in [-0.2, 0) is 16.1 Å². The van der Waals surface area contributed by atoms with Gasteiger partial charge in [0, 0.05) is 29.9 Å². The number of esters is 1. The molecule has 7 nitrogen and oxygen atoms in total. The smallest absolute Gasteiger partial charge is 0.326 e. The lowest BCUT2D eigenvalue weighted by Gasteiger charge is -2.13. The molecule has 0 radical (unpaired) electrons. The van der Waals surface area contributed by atoms with E-state index in [1.165, 1.54) is 38.5 Å². The average molecular weight is 325 g/mol. The second kappa shape index (κ2) is 5.86. The van der Waals surface area contributed by atoms with Crippen molar-refractivity contribution in [2.45, 2.75) is 6.61 Å². The highest BCUT2D eigenvalue weighted by Crippen LogP contribution is 2.16.